The second kappa shape index (κ2) is 10.6. The Bertz CT molecular complexity index is 978. The molecule has 0 saturated carbocycles. The molecule has 0 amide bonds. The number of aromatic nitrogens is 1. The van der Waals surface area contributed by atoms with Crippen LogP contribution in [0.4, 0.5) is 5.13 Å². The van der Waals surface area contributed by atoms with E-state index in [-0.39, 0.29) is 0 Å². The highest BCUT2D eigenvalue weighted by Gasteiger charge is 2.21. The molecule has 162 valence electrons. The zero-order valence-electron chi connectivity index (χ0n) is 18.2. The molecule has 0 radical (unpaired) electrons. The Labute approximate surface area is 188 Å². The lowest BCUT2D eigenvalue weighted by Gasteiger charge is -2.34. The first kappa shape index (κ1) is 21.5. The van der Waals surface area contributed by atoms with E-state index in [1.54, 1.807) is 17.6 Å². The standard InChI is InChI=1S/C25H30N4OS/c1-19-14-20(2)17-29(16-19)12-13-30-24-11-7-6-10-22(24)15-26-28-25-27-23(18-31-25)21-8-4-3-5-9-21/h3-11,15,18-20H,12-14,16-17H2,1-2H3,(H,27,28). The van der Waals surface area contributed by atoms with Gasteiger partial charge in [-0.05, 0) is 30.4 Å². The third kappa shape index (κ3) is 6.15. The zero-order valence-corrected chi connectivity index (χ0v) is 19.0. The van der Waals surface area contributed by atoms with Crippen LogP contribution in [-0.4, -0.2) is 42.3 Å². The molecule has 0 spiro atoms. The van der Waals surface area contributed by atoms with E-state index in [9.17, 15) is 0 Å². The fourth-order valence-corrected chi connectivity index (χ4v) is 4.87. The number of hydrazone groups is 1. The molecule has 4 rings (SSSR count). The summed E-state index contributed by atoms with van der Waals surface area (Å²) in [6.45, 7) is 8.66. The molecule has 1 fully saturated rings. The molecule has 1 saturated heterocycles. The number of benzene rings is 2. The first-order valence-electron chi connectivity index (χ1n) is 10.9. The fraction of sp³-hybridized carbons (Fsp3) is 0.360. The van der Waals surface area contributed by atoms with Crippen LogP contribution in [0.15, 0.2) is 65.1 Å². The summed E-state index contributed by atoms with van der Waals surface area (Å²) in [5, 5.41) is 7.18. The topological polar surface area (TPSA) is 49.8 Å². The molecule has 6 heteroatoms. The normalized spacial score (nSPS) is 19.5. The highest BCUT2D eigenvalue weighted by molar-refractivity contribution is 7.14. The summed E-state index contributed by atoms with van der Waals surface area (Å²) >= 11 is 1.54. The molecule has 31 heavy (non-hydrogen) atoms. The lowest BCUT2D eigenvalue weighted by molar-refractivity contribution is 0.120. The summed E-state index contributed by atoms with van der Waals surface area (Å²) in [7, 11) is 0. The van der Waals surface area contributed by atoms with Crippen molar-refractivity contribution in [3.63, 3.8) is 0 Å². The maximum atomic E-state index is 6.10. The number of hydrogen-bond donors (Lipinski definition) is 1. The van der Waals surface area contributed by atoms with Crippen LogP contribution in [0.5, 0.6) is 5.75 Å². The summed E-state index contributed by atoms with van der Waals surface area (Å²) < 4.78 is 6.10. The minimum absolute atomic E-state index is 0.685. The van der Waals surface area contributed by atoms with Gasteiger partial charge in [0.05, 0.1) is 11.9 Å². The van der Waals surface area contributed by atoms with Gasteiger partial charge in [-0.3, -0.25) is 10.3 Å². The van der Waals surface area contributed by atoms with Gasteiger partial charge in [-0.25, -0.2) is 4.98 Å². The Hall–Kier alpha value is -2.70. The second-order valence-corrected chi connectivity index (χ2v) is 9.22. The maximum absolute atomic E-state index is 6.10. The van der Waals surface area contributed by atoms with Crippen LogP contribution in [0.1, 0.15) is 25.8 Å². The highest BCUT2D eigenvalue weighted by atomic mass is 32.1. The summed E-state index contributed by atoms with van der Waals surface area (Å²) in [4.78, 5) is 7.12. The number of hydrogen-bond acceptors (Lipinski definition) is 6. The Morgan fingerprint density at radius 2 is 1.84 bits per heavy atom. The first-order chi connectivity index (χ1) is 15.2. The van der Waals surface area contributed by atoms with Gasteiger partial charge >= 0.3 is 0 Å². The van der Waals surface area contributed by atoms with E-state index < -0.39 is 0 Å². The molecule has 1 aliphatic rings. The number of piperidine rings is 1. The Morgan fingerprint density at radius 3 is 2.65 bits per heavy atom. The van der Waals surface area contributed by atoms with Crippen LogP contribution in [-0.2, 0) is 0 Å². The molecule has 0 bridgehead atoms. The van der Waals surface area contributed by atoms with Crippen molar-refractivity contribution in [1.82, 2.24) is 9.88 Å². The van der Waals surface area contributed by atoms with Gasteiger partial charge in [0, 0.05) is 36.1 Å². The number of anilines is 1. The van der Waals surface area contributed by atoms with Crippen molar-refractivity contribution in [2.24, 2.45) is 16.9 Å². The number of para-hydroxylation sites is 1. The number of nitrogens with zero attached hydrogens (tertiary/aromatic N) is 3. The van der Waals surface area contributed by atoms with Gasteiger partial charge < -0.3 is 4.74 Å². The molecule has 1 aliphatic heterocycles. The van der Waals surface area contributed by atoms with E-state index >= 15 is 0 Å². The molecule has 3 aromatic rings. The highest BCUT2D eigenvalue weighted by Crippen LogP contribution is 2.25. The van der Waals surface area contributed by atoms with Crippen LogP contribution < -0.4 is 10.2 Å². The minimum Gasteiger partial charge on any atom is -0.492 e. The van der Waals surface area contributed by atoms with Gasteiger partial charge in [-0.2, -0.15) is 5.10 Å². The molecule has 2 aromatic carbocycles. The quantitative estimate of drug-likeness (QED) is 0.370. The Kier molecular flexibility index (Phi) is 7.33. The van der Waals surface area contributed by atoms with Crippen molar-refractivity contribution in [2.75, 3.05) is 31.7 Å². The van der Waals surface area contributed by atoms with Gasteiger partial charge in [0.1, 0.15) is 12.4 Å². The molecule has 2 heterocycles. The molecule has 0 aliphatic carbocycles. The van der Waals surface area contributed by atoms with E-state index in [0.717, 1.165) is 46.1 Å². The van der Waals surface area contributed by atoms with Gasteiger partial charge in [-0.1, -0.05) is 56.3 Å². The molecule has 2 unspecified atom stereocenters. The number of nitrogens with one attached hydrogen (secondary N) is 1. The van der Waals surface area contributed by atoms with E-state index in [1.165, 1.54) is 19.5 Å². The van der Waals surface area contributed by atoms with Crippen molar-refractivity contribution in [3.8, 4) is 17.0 Å². The molecule has 5 nitrogen and oxygen atoms in total. The van der Waals surface area contributed by atoms with Crippen LogP contribution in [0, 0.1) is 11.8 Å². The summed E-state index contributed by atoms with van der Waals surface area (Å²) in [6.07, 6.45) is 3.12. The first-order valence-corrected chi connectivity index (χ1v) is 11.8. The summed E-state index contributed by atoms with van der Waals surface area (Å²) in [5.74, 6) is 2.39. The SMILES string of the molecule is CC1CC(C)CN(CCOc2ccccc2C=NNc2nc(-c3ccccc3)cs2)C1. The lowest BCUT2D eigenvalue weighted by atomic mass is 9.92. The minimum atomic E-state index is 0.685. The van der Waals surface area contributed by atoms with E-state index in [1.807, 2.05) is 47.8 Å². The van der Waals surface area contributed by atoms with Crippen molar-refractivity contribution >= 4 is 22.7 Å². The molecular formula is C25H30N4OS. The Balaban J connectivity index is 1.31. The molecule has 1 N–H and O–H groups in total. The third-order valence-corrected chi connectivity index (χ3v) is 6.21. The number of thiazole rings is 1. The summed E-state index contributed by atoms with van der Waals surface area (Å²) in [5.41, 5.74) is 6.05. The van der Waals surface area contributed by atoms with Gasteiger partial charge in [0.2, 0.25) is 5.13 Å². The van der Waals surface area contributed by atoms with Crippen LogP contribution in [0.2, 0.25) is 0 Å². The van der Waals surface area contributed by atoms with Gasteiger partial charge in [-0.15, -0.1) is 11.3 Å². The predicted octanol–water partition coefficient (Wildman–Crippen LogP) is 5.61. The van der Waals surface area contributed by atoms with Crippen molar-refractivity contribution in [1.29, 1.82) is 0 Å². The lowest BCUT2D eigenvalue weighted by Crippen LogP contribution is -2.40. The molecule has 2 atom stereocenters. The Morgan fingerprint density at radius 1 is 1.10 bits per heavy atom. The smallest absolute Gasteiger partial charge is 0.203 e. The van der Waals surface area contributed by atoms with E-state index in [0.29, 0.717) is 6.61 Å². The monoisotopic (exact) mass is 434 g/mol. The zero-order chi connectivity index (χ0) is 21.5. The number of likely N-dealkylation sites (tertiary alicyclic amines) is 1. The van der Waals surface area contributed by atoms with Crippen LogP contribution >= 0.6 is 11.3 Å². The fourth-order valence-electron chi connectivity index (χ4n) is 4.20. The van der Waals surface area contributed by atoms with Gasteiger partial charge in [0.25, 0.3) is 0 Å². The van der Waals surface area contributed by atoms with E-state index in [4.69, 9.17) is 4.74 Å². The number of ether oxygens (including phenoxy) is 1. The third-order valence-electron chi connectivity index (χ3n) is 5.47. The maximum Gasteiger partial charge on any atom is 0.203 e. The van der Waals surface area contributed by atoms with Crippen LogP contribution in [0.3, 0.4) is 0 Å². The molecule has 1 aromatic heterocycles. The van der Waals surface area contributed by atoms with Crippen LogP contribution in [0.25, 0.3) is 11.3 Å². The van der Waals surface area contributed by atoms with E-state index in [2.05, 4.69) is 46.4 Å². The number of rotatable bonds is 8. The van der Waals surface area contributed by atoms with Crippen molar-refractivity contribution in [3.05, 3.63) is 65.5 Å². The largest absolute Gasteiger partial charge is 0.492 e. The molecular weight excluding hydrogens is 404 g/mol. The predicted molar refractivity (Wildman–Crippen MR) is 130 cm³/mol. The van der Waals surface area contributed by atoms with Crippen molar-refractivity contribution < 1.29 is 4.74 Å². The second-order valence-electron chi connectivity index (χ2n) is 8.37. The average Bonchev–Trinajstić information content (AvgIpc) is 3.24. The van der Waals surface area contributed by atoms with Gasteiger partial charge in [0.15, 0.2) is 0 Å². The average molecular weight is 435 g/mol. The van der Waals surface area contributed by atoms with Crippen molar-refractivity contribution in [2.45, 2.75) is 20.3 Å². The summed E-state index contributed by atoms with van der Waals surface area (Å²) in [6, 6.07) is 18.2.